The first-order chi connectivity index (χ1) is 14.1. The highest BCUT2D eigenvalue weighted by atomic mass is 16.4. The Balaban J connectivity index is 1.68. The molecular formula is C26H36O4. The van der Waals surface area contributed by atoms with E-state index in [2.05, 4.69) is 32.9 Å². The highest BCUT2D eigenvalue weighted by molar-refractivity contribution is 5.70. The van der Waals surface area contributed by atoms with E-state index in [1.807, 2.05) is 6.08 Å². The van der Waals surface area contributed by atoms with Crippen molar-refractivity contribution < 1.29 is 19.8 Å². The van der Waals surface area contributed by atoms with Crippen molar-refractivity contribution in [1.29, 1.82) is 0 Å². The summed E-state index contributed by atoms with van der Waals surface area (Å²) in [7, 11) is 0. The molecule has 0 saturated heterocycles. The lowest BCUT2D eigenvalue weighted by Crippen LogP contribution is -2.51. The molecule has 0 heterocycles. The zero-order chi connectivity index (χ0) is 21.7. The molecule has 4 rings (SSSR count). The predicted octanol–water partition coefficient (Wildman–Crippen LogP) is 6.00. The van der Waals surface area contributed by atoms with Crippen LogP contribution < -0.4 is 0 Å². The molecule has 4 nitrogen and oxygen atoms in total. The van der Waals surface area contributed by atoms with Crippen LogP contribution in [0, 0.1) is 34.0 Å². The van der Waals surface area contributed by atoms with Gasteiger partial charge in [0.15, 0.2) is 0 Å². The minimum absolute atomic E-state index is 0.0377. The second-order valence-corrected chi connectivity index (χ2v) is 10.9. The van der Waals surface area contributed by atoms with Gasteiger partial charge < -0.3 is 10.2 Å². The Morgan fingerprint density at radius 2 is 1.83 bits per heavy atom. The van der Waals surface area contributed by atoms with Crippen molar-refractivity contribution in [2.45, 2.75) is 78.6 Å². The first-order valence-corrected chi connectivity index (χ1v) is 11.6. The third kappa shape index (κ3) is 3.18. The van der Waals surface area contributed by atoms with Crippen molar-refractivity contribution in [1.82, 2.24) is 0 Å². The molecule has 4 aliphatic rings. The van der Waals surface area contributed by atoms with E-state index in [4.69, 9.17) is 5.11 Å². The summed E-state index contributed by atoms with van der Waals surface area (Å²) in [5.74, 6) is 0.145. The second kappa shape index (κ2) is 7.39. The van der Waals surface area contributed by atoms with Crippen LogP contribution in [0.5, 0.6) is 0 Å². The maximum absolute atomic E-state index is 11.9. The van der Waals surface area contributed by atoms with E-state index in [1.165, 1.54) is 24.0 Å². The Morgan fingerprint density at radius 1 is 1.10 bits per heavy atom. The number of carbonyl (C=O) groups is 2. The Bertz CT molecular complexity index is 836. The molecule has 6 atom stereocenters. The summed E-state index contributed by atoms with van der Waals surface area (Å²) in [5, 5.41) is 18.8. The van der Waals surface area contributed by atoms with E-state index in [1.54, 1.807) is 6.08 Å². The van der Waals surface area contributed by atoms with Crippen LogP contribution in [0.3, 0.4) is 0 Å². The monoisotopic (exact) mass is 412 g/mol. The quantitative estimate of drug-likeness (QED) is 0.543. The largest absolute Gasteiger partial charge is 0.481 e. The molecule has 2 N–H and O–H groups in total. The van der Waals surface area contributed by atoms with E-state index in [9.17, 15) is 14.7 Å². The molecule has 4 heteroatoms. The summed E-state index contributed by atoms with van der Waals surface area (Å²) in [5.41, 5.74) is 2.76. The van der Waals surface area contributed by atoms with Crippen molar-refractivity contribution in [2.24, 2.45) is 34.0 Å². The van der Waals surface area contributed by atoms with Gasteiger partial charge in [0.25, 0.3) is 0 Å². The number of rotatable bonds is 5. The number of carboxylic acid groups (broad SMARTS) is 2. The molecule has 4 aliphatic carbocycles. The smallest absolute Gasteiger partial charge is 0.307 e. The lowest BCUT2D eigenvalue weighted by molar-refractivity contribution is -0.142. The summed E-state index contributed by atoms with van der Waals surface area (Å²) in [6, 6.07) is 0. The van der Waals surface area contributed by atoms with Crippen LogP contribution in [0.1, 0.15) is 78.6 Å². The second-order valence-electron chi connectivity index (χ2n) is 10.9. The predicted molar refractivity (Wildman–Crippen MR) is 117 cm³/mol. The van der Waals surface area contributed by atoms with Gasteiger partial charge in [-0.25, -0.2) is 0 Å². The number of allylic oxidation sites excluding steroid dienone is 5. The summed E-state index contributed by atoms with van der Waals surface area (Å²) < 4.78 is 0. The van der Waals surface area contributed by atoms with Crippen molar-refractivity contribution >= 4 is 11.9 Å². The fraction of sp³-hybridized carbons (Fsp3) is 0.692. The van der Waals surface area contributed by atoms with Crippen LogP contribution in [-0.4, -0.2) is 22.2 Å². The van der Waals surface area contributed by atoms with Crippen LogP contribution in [0.4, 0.5) is 0 Å². The molecule has 0 aromatic carbocycles. The molecule has 30 heavy (non-hydrogen) atoms. The van der Waals surface area contributed by atoms with Gasteiger partial charge in [-0.1, -0.05) is 43.7 Å². The normalized spacial score (nSPS) is 42.7. The third-order valence-corrected chi connectivity index (χ3v) is 9.59. The number of carboxylic acids is 2. The fourth-order valence-electron chi connectivity index (χ4n) is 7.91. The Hall–Kier alpha value is -1.84. The summed E-state index contributed by atoms with van der Waals surface area (Å²) in [6.45, 7) is 7.01. The van der Waals surface area contributed by atoms with Crippen LogP contribution in [0.15, 0.2) is 35.5 Å². The van der Waals surface area contributed by atoms with Crippen molar-refractivity contribution in [3.8, 4) is 0 Å². The van der Waals surface area contributed by atoms with Gasteiger partial charge in [0, 0.05) is 5.41 Å². The highest BCUT2D eigenvalue weighted by Gasteiger charge is 2.63. The van der Waals surface area contributed by atoms with Gasteiger partial charge in [-0.15, -0.1) is 0 Å². The van der Waals surface area contributed by atoms with Gasteiger partial charge in [0.05, 0.1) is 12.8 Å². The van der Waals surface area contributed by atoms with Crippen molar-refractivity contribution in [3.63, 3.8) is 0 Å². The Labute approximate surface area is 180 Å². The number of fused-ring (bicyclic) bond motifs is 5. The van der Waals surface area contributed by atoms with Gasteiger partial charge in [-0.2, -0.15) is 0 Å². The maximum Gasteiger partial charge on any atom is 0.307 e. The Kier molecular flexibility index (Phi) is 5.27. The maximum atomic E-state index is 11.9. The first kappa shape index (κ1) is 21.4. The molecule has 0 unspecified atom stereocenters. The summed E-state index contributed by atoms with van der Waals surface area (Å²) >= 11 is 0. The molecule has 0 bridgehead atoms. The van der Waals surface area contributed by atoms with Crippen molar-refractivity contribution in [2.75, 3.05) is 0 Å². The zero-order valence-electron chi connectivity index (χ0n) is 18.6. The standard InChI is InChI=1S/C26H36O4/c1-17-8-12-24(2)18(15-17)6-7-19-20(24)9-13-25(3)21(19)10-14-26(25,16-23(29)30)11-4-5-22(27)28/h4,6,11,15,19-21H,5,7-10,12-14,16H2,1-3H3,(H,27,28)(H,29,30)/t19-,20+,21+,24+,25+,26+/m1/s1. The minimum Gasteiger partial charge on any atom is -0.481 e. The topological polar surface area (TPSA) is 74.6 Å². The lowest BCUT2D eigenvalue weighted by atomic mass is 9.45. The third-order valence-electron chi connectivity index (χ3n) is 9.59. The van der Waals surface area contributed by atoms with E-state index >= 15 is 0 Å². The molecule has 0 spiro atoms. The molecule has 2 fully saturated rings. The lowest BCUT2D eigenvalue weighted by Gasteiger charge is -2.58. The Morgan fingerprint density at radius 3 is 2.53 bits per heavy atom. The zero-order valence-corrected chi connectivity index (χ0v) is 18.6. The van der Waals surface area contributed by atoms with E-state index in [0.717, 1.165) is 32.1 Å². The molecule has 0 aromatic heterocycles. The van der Waals surface area contributed by atoms with Gasteiger partial charge in [0.1, 0.15) is 0 Å². The first-order valence-electron chi connectivity index (χ1n) is 11.6. The molecule has 0 aromatic rings. The number of hydrogen-bond acceptors (Lipinski definition) is 2. The average Bonchev–Trinajstić information content (AvgIpc) is 2.94. The van der Waals surface area contributed by atoms with Crippen LogP contribution in [0.25, 0.3) is 0 Å². The summed E-state index contributed by atoms with van der Waals surface area (Å²) in [4.78, 5) is 22.9. The van der Waals surface area contributed by atoms with E-state index in [0.29, 0.717) is 17.8 Å². The SMILES string of the molecule is CC1=CC2=CC[C@@H]3[C@H](CC[C@@]4(C)[C@H]3CC[C@@]4(C=CCC(=O)O)CC(=O)O)[C@@]2(C)CC1. The molecule has 0 aliphatic heterocycles. The van der Waals surface area contributed by atoms with E-state index in [-0.39, 0.29) is 23.7 Å². The molecule has 164 valence electrons. The van der Waals surface area contributed by atoms with Crippen LogP contribution in [0.2, 0.25) is 0 Å². The molecule has 2 saturated carbocycles. The van der Waals surface area contributed by atoms with Gasteiger partial charge in [-0.05, 0) is 86.0 Å². The van der Waals surface area contributed by atoms with Crippen LogP contribution >= 0.6 is 0 Å². The fourth-order valence-corrected chi connectivity index (χ4v) is 7.91. The number of aliphatic carboxylic acids is 2. The van der Waals surface area contributed by atoms with Crippen LogP contribution in [-0.2, 0) is 9.59 Å². The van der Waals surface area contributed by atoms with Gasteiger partial charge in [-0.3, -0.25) is 9.59 Å². The minimum atomic E-state index is -0.862. The van der Waals surface area contributed by atoms with Gasteiger partial charge >= 0.3 is 11.9 Å². The van der Waals surface area contributed by atoms with Crippen molar-refractivity contribution in [3.05, 3.63) is 35.5 Å². The van der Waals surface area contributed by atoms with E-state index < -0.39 is 17.4 Å². The number of hydrogen-bond donors (Lipinski definition) is 2. The average molecular weight is 413 g/mol. The highest BCUT2D eigenvalue weighted by Crippen LogP contribution is 2.70. The van der Waals surface area contributed by atoms with Gasteiger partial charge in [0.2, 0.25) is 0 Å². The molecule has 0 amide bonds. The molecular weight excluding hydrogens is 376 g/mol. The molecule has 0 radical (unpaired) electrons. The summed E-state index contributed by atoms with van der Waals surface area (Å²) in [6.07, 6.45) is 16.3.